The van der Waals surface area contributed by atoms with Gasteiger partial charge in [0.05, 0.1) is 4.92 Å². The van der Waals surface area contributed by atoms with Gasteiger partial charge in [0.15, 0.2) is 5.82 Å². The lowest BCUT2D eigenvalue weighted by atomic mass is 10.0. The van der Waals surface area contributed by atoms with Crippen LogP contribution < -0.4 is 4.90 Å². The van der Waals surface area contributed by atoms with Gasteiger partial charge < -0.3 is 9.42 Å². The number of rotatable bonds is 3. The Morgan fingerprint density at radius 1 is 1.41 bits per heavy atom. The van der Waals surface area contributed by atoms with Crippen LogP contribution in [0.25, 0.3) is 11.5 Å². The third kappa shape index (κ3) is 2.66. The van der Waals surface area contributed by atoms with E-state index < -0.39 is 0 Å². The van der Waals surface area contributed by atoms with Crippen LogP contribution in [0.1, 0.15) is 32.0 Å². The SMILES string of the molecule is Cc1noc(-c2ccc(N3CCCC[C@H]3C)c([N+](=O)[O-])c2)n1. The van der Waals surface area contributed by atoms with Crippen molar-refractivity contribution in [1.82, 2.24) is 10.1 Å². The van der Waals surface area contributed by atoms with Gasteiger partial charge in [-0.3, -0.25) is 10.1 Å². The molecule has 1 atom stereocenters. The van der Waals surface area contributed by atoms with Crippen molar-refractivity contribution in [1.29, 1.82) is 0 Å². The fourth-order valence-electron chi connectivity index (χ4n) is 2.92. The van der Waals surface area contributed by atoms with E-state index >= 15 is 0 Å². The van der Waals surface area contributed by atoms with E-state index in [1.807, 2.05) is 0 Å². The highest BCUT2D eigenvalue weighted by Gasteiger charge is 2.26. The van der Waals surface area contributed by atoms with E-state index in [2.05, 4.69) is 22.0 Å². The van der Waals surface area contributed by atoms with E-state index in [1.54, 1.807) is 19.1 Å². The maximum absolute atomic E-state index is 11.5. The van der Waals surface area contributed by atoms with Crippen molar-refractivity contribution < 1.29 is 9.45 Å². The number of nitro benzene ring substituents is 1. The minimum absolute atomic E-state index is 0.0853. The van der Waals surface area contributed by atoms with Crippen molar-refractivity contribution in [2.75, 3.05) is 11.4 Å². The number of hydrogen-bond donors (Lipinski definition) is 0. The highest BCUT2D eigenvalue weighted by atomic mass is 16.6. The quantitative estimate of drug-likeness (QED) is 0.638. The maximum atomic E-state index is 11.5. The van der Waals surface area contributed by atoms with E-state index in [1.165, 1.54) is 12.5 Å². The van der Waals surface area contributed by atoms with Crippen LogP contribution in [0.15, 0.2) is 22.7 Å². The molecule has 0 unspecified atom stereocenters. The van der Waals surface area contributed by atoms with Crippen molar-refractivity contribution in [2.45, 2.75) is 39.2 Å². The molecule has 7 heteroatoms. The van der Waals surface area contributed by atoms with Gasteiger partial charge in [0, 0.05) is 24.2 Å². The number of piperidine rings is 1. The summed E-state index contributed by atoms with van der Waals surface area (Å²) in [6.45, 7) is 4.67. The van der Waals surface area contributed by atoms with Gasteiger partial charge >= 0.3 is 0 Å². The van der Waals surface area contributed by atoms with Gasteiger partial charge in [-0.1, -0.05) is 5.16 Å². The molecule has 1 aromatic carbocycles. The highest BCUT2D eigenvalue weighted by Crippen LogP contribution is 2.35. The zero-order valence-corrected chi connectivity index (χ0v) is 12.7. The molecule has 116 valence electrons. The molecule has 1 aliphatic heterocycles. The Morgan fingerprint density at radius 2 is 2.23 bits per heavy atom. The van der Waals surface area contributed by atoms with Crippen LogP contribution in [0.4, 0.5) is 11.4 Å². The van der Waals surface area contributed by atoms with Gasteiger partial charge in [-0.25, -0.2) is 0 Å². The van der Waals surface area contributed by atoms with Crippen molar-refractivity contribution in [3.63, 3.8) is 0 Å². The summed E-state index contributed by atoms with van der Waals surface area (Å²) in [6.07, 6.45) is 3.29. The molecule has 0 spiro atoms. The van der Waals surface area contributed by atoms with Gasteiger partial charge in [0.2, 0.25) is 0 Å². The van der Waals surface area contributed by atoms with Crippen LogP contribution in [-0.4, -0.2) is 27.7 Å². The van der Waals surface area contributed by atoms with E-state index in [0.717, 1.165) is 19.4 Å². The first kappa shape index (κ1) is 14.5. The molecular formula is C15H18N4O3. The standard InChI is InChI=1S/C15H18N4O3/c1-10-5-3-4-8-18(10)13-7-6-12(9-14(13)19(20)21)15-16-11(2)17-22-15/h6-7,9-10H,3-5,8H2,1-2H3/t10-/m1/s1. The molecule has 2 aromatic rings. The summed E-state index contributed by atoms with van der Waals surface area (Å²) in [5.74, 6) is 0.810. The molecule has 0 radical (unpaired) electrons. The Bertz CT molecular complexity index is 698. The number of nitro groups is 1. The molecule has 0 N–H and O–H groups in total. The van der Waals surface area contributed by atoms with Crippen molar-refractivity contribution in [2.24, 2.45) is 0 Å². The zero-order chi connectivity index (χ0) is 15.7. The van der Waals surface area contributed by atoms with Crippen LogP contribution in [0.5, 0.6) is 0 Å². The van der Waals surface area contributed by atoms with Crippen LogP contribution in [-0.2, 0) is 0 Å². The van der Waals surface area contributed by atoms with Gasteiger partial charge in [-0.05, 0) is 45.2 Å². The molecular weight excluding hydrogens is 284 g/mol. The predicted octanol–water partition coefficient (Wildman–Crippen LogP) is 3.33. The lowest BCUT2D eigenvalue weighted by Crippen LogP contribution is -2.37. The molecule has 1 saturated heterocycles. The molecule has 7 nitrogen and oxygen atoms in total. The normalized spacial score (nSPS) is 18.5. The van der Waals surface area contributed by atoms with Crippen LogP contribution in [0.2, 0.25) is 0 Å². The number of nitrogens with zero attached hydrogens (tertiary/aromatic N) is 4. The molecule has 3 rings (SSSR count). The third-order valence-corrected chi connectivity index (χ3v) is 4.06. The highest BCUT2D eigenvalue weighted by molar-refractivity contribution is 5.71. The van der Waals surface area contributed by atoms with Crippen LogP contribution in [0.3, 0.4) is 0 Å². The molecule has 0 aliphatic carbocycles. The number of benzene rings is 1. The van der Waals surface area contributed by atoms with E-state index in [-0.39, 0.29) is 10.6 Å². The van der Waals surface area contributed by atoms with Crippen LogP contribution in [0, 0.1) is 17.0 Å². The summed E-state index contributed by atoms with van der Waals surface area (Å²) in [6, 6.07) is 5.42. The second-order valence-corrected chi connectivity index (χ2v) is 5.65. The van der Waals surface area contributed by atoms with E-state index in [0.29, 0.717) is 29.0 Å². The van der Waals surface area contributed by atoms with E-state index in [4.69, 9.17) is 4.52 Å². The monoisotopic (exact) mass is 302 g/mol. The summed E-state index contributed by atoms with van der Waals surface area (Å²) in [7, 11) is 0. The van der Waals surface area contributed by atoms with Crippen molar-refractivity contribution in [3.05, 3.63) is 34.1 Å². The largest absolute Gasteiger partial charge is 0.363 e. The van der Waals surface area contributed by atoms with Crippen LogP contribution >= 0.6 is 0 Å². The number of aromatic nitrogens is 2. The van der Waals surface area contributed by atoms with Crippen molar-refractivity contribution >= 4 is 11.4 Å². The molecule has 1 fully saturated rings. The Labute approximate surface area is 128 Å². The molecule has 0 amide bonds. The summed E-state index contributed by atoms with van der Waals surface area (Å²) in [4.78, 5) is 17.4. The van der Waals surface area contributed by atoms with Gasteiger partial charge in [0.25, 0.3) is 11.6 Å². The fourth-order valence-corrected chi connectivity index (χ4v) is 2.92. The summed E-state index contributed by atoms with van der Waals surface area (Å²) in [5, 5.41) is 15.2. The number of aryl methyl sites for hydroxylation is 1. The molecule has 2 heterocycles. The average Bonchev–Trinajstić information content (AvgIpc) is 2.94. The number of anilines is 1. The predicted molar refractivity (Wildman–Crippen MR) is 81.8 cm³/mol. The second-order valence-electron chi connectivity index (χ2n) is 5.65. The van der Waals surface area contributed by atoms with Gasteiger partial charge in [0.1, 0.15) is 5.69 Å². The molecule has 0 bridgehead atoms. The smallest absolute Gasteiger partial charge is 0.293 e. The first-order chi connectivity index (χ1) is 10.6. The van der Waals surface area contributed by atoms with E-state index in [9.17, 15) is 10.1 Å². The minimum atomic E-state index is -0.344. The van der Waals surface area contributed by atoms with Gasteiger partial charge in [-0.2, -0.15) is 4.98 Å². The molecule has 1 aliphatic rings. The topological polar surface area (TPSA) is 85.3 Å². The summed E-state index contributed by atoms with van der Waals surface area (Å²) >= 11 is 0. The molecule has 1 aromatic heterocycles. The summed E-state index contributed by atoms with van der Waals surface area (Å²) < 4.78 is 5.09. The average molecular weight is 302 g/mol. The lowest BCUT2D eigenvalue weighted by molar-refractivity contribution is -0.384. The van der Waals surface area contributed by atoms with Gasteiger partial charge in [-0.15, -0.1) is 0 Å². The first-order valence-corrected chi connectivity index (χ1v) is 7.42. The number of hydrogen-bond acceptors (Lipinski definition) is 6. The second kappa shape index (κ2) is 5.75. The zero-order valence-electron chi connectivity index (χ0n) is 12.7. The Morgan fingerprint density at radius 3 is 2.86 bits per heavy atom. The molecule has 22 heavy (non-hydrogen) atoms. The van der Waals surface area contributed by atoms with Crippen molar-refractivity contribution in [3.8, 4) is 11.5 Å². The first-order valence-electron chi connectivity index (χ1n) is 7.42. The Balaban J connectivity index is 2.02. The molecule has 0 saturated carbocycles. The summed E-state index contributed by atoms with van der Waals surface area (Å²) in [5.41, 5.74) is 1.32. The minimum Gasteiger partial charge on any atom is -0.363 e. The lowest BCUT2D eigenvalue weighted by Gasteiger charge is -2.35. The fraction of sp³-hybridized carbons (Fsp3) is 0.467. The maximum Gasteiger partial charge on any atom is 0.293 e. The Hall–Kier alpha value is -2.44. The Kier molecular flexibility index (Phi) is 3.79. The third-order valence-electron chi connectivity index (χ3n) is 4.06.